The summed E-state index contributed by atoms with van der Waals surface area (Å²) in [6.07, 6.45) is -3.75. The van der Waals surface area contributed by atoms with Gasteiger partial charge in [0.05, 0.1) is 11.1 Å². The monoisotopic (exact) mass is 266 g/mol. The Bertz CT molecular complexity index is 574. The summed E-state index contributed by atoms with van der Waals surface area (Å²) in [5, 5.41) is 0. The number of benzene rings is 2. The van der Waals surface area contributed by atoms with Crippen molar-refractivity contribution in [2.24, 2.45) is 0 Å². The molecular weight excluding hydrogens is 257 g/mol. The highest BCUT2D eigenvalue weighted by Crippen LogP contribution is 2.31. The molecule has 0 aliphatic carbocycles. The molecule has 0 fully saturated rings. The molecule has 98 valence electrons. The van der Waals surface area contributed by atoms with E-state index in [2.05, 4.69) is 0 Å². The molecule has 0 amide bonds. The third-order valence-electron chi connectivity index (χ3n) is 2.46. The smallest absolute Gasteiger partial charge is 0.416 e. The Kier molecular flexibility index (Phi) is 3.55. The minimum atomic E-state index is -4.38. The first-order valence-corrected chi connectivity index (χ1v) is 5.40. The fourth-order valence-electron chi connectivity index (χ4n) is 1.51. The summed E-state index contributed by atoms with van der Waals surface area (Å²) < 4.78 is 42.5. The predicted octanol–water partition coefficient (Wildman–Crippen LogP) is 4.31. The Morgan fingerprint density at radius 1 is 0.947 bits per heavy atom. The molecular formula is C14H9F3O2. The van der Waals surface area contributed by atoms with E-state index in [4.69, 9.17) is 4.74 Å². The van der Waals surface area contributed by atoms with E-state index in [1.807, 2.05) is 0 Å². The normalized spacial score (nSPS) is 11.1. The Morgan fingerprint density at radius 2 is 1.58 bits per heavy atom. The molecule has 0 unspecified atom stereocenters. The number of ether oxygens (including phenoxy) is 1. The van der Waals surface area contributed by atoms with Crippen LogP contribution < -0.4 is 4.74 Å². The van der Waals surface area contributed by atoms with E-state index in [1.165, 1.54) is 12.1 Å². The van der Waals surface area contributed by atoms with E-state index in [1.54, 1.807) is 24.3 Å². The standard InChI is InChI=1S/C14H9F3O2/c15-14(16,17)11-5-7-12(8-6-11)19-13-4-2-1-3-10(13)9-18/h1-9H. The first kappa shape index (κ1) is 13.1. The van der Waals surface area contributed by atoms with Crippen LogP contribution in [0.3, 0.4) is 0 Å². The zero-order valence-electron chi connectivity index (χ0n) is 9.65. The van der Waals surface area contributed by atoms with Crippen LogP contribution in [0.15, 0.2) is 48.5 Å². The first-order valence-electron chi connectivity index (χ1n) is 5.40. The summed E-state index contributed by atoms with van der Waals surface area (Å²) in [6, 6.07) is 10.8. The lowest BCUT2D eigenvalue weighted by Gasteiger charge is -2.10. The number of hydrogen-bond acceptors (Lipinski definition) is 2. The molecule has 0 saturated heterocycles. The highest BCUT2D eigenvalue weighted by Gasteiger charge is 2.30. The Morgan fingerprint density at radius 3 is 2.16 bits per heavy atom. The van der Waals surface area contributed by atoms with Crippen molar-refractivity contribution in [3.05, 3.63) is 59.7 Å². The average molecular weight is 266 g/mol. The van der Waals surface area contributed by atoms with E-state index in [0.717, 1.165) is 12.1 Å². The number of para-hydroxylation sites is 1. The van der Waals surface area contributed by atoms with Gasteiger partial charge in [-0.25, -0.2) is 0 Å². The molecule has 0 heterocycles. The molecule has 0 spiro atoms. The highest BCUT2D eigenvalue weighted by molar-refractivity contribution is 5.79. The van der Waals surface area contributed by atoms with Gasteiger partial charge in [-0.1, -0.05) is 12.1 Å². The van der Waals surface area contributed by atoms with Crippen LogP contribution in [0, 0.1) is 0 Å². The van der Waals surface area contributed by atoms with Gasteiger partial charge in [0.25, 0.3) is 0 Å². The number of rotatable bonds is 3. The van der Waals surface area contributed by atoms with Gasteiger partial charge < -0.3 is 4.74 Å². The zero-order chi connectivity index (χ0) is 13.9. The molecule has 0 N–H and O–H groups in total. The molecule has 0 aliphatic heterocycles. The van der Waals surface area contributed by atoms with Gasteiger partial charge in [0.15, 0.2) is 6.29 Å². The van der Waals surface area contributed by atoms with E-state index < -0.39 is 11.7 Å². The van der Waals surface area contributed by atoms with Crippen molar-refractivity contribution in [1.29, 1.82) is 0 Å². The van der Waals surface area contributed by atoms with E-state index >= 15 is 0 Å². The Balaban J connectivity index is 2.22. The predicted molar refractivity (Wildman–Crippen MR) is 63.3 cm³/mol. The molecule has 2 aromatic carbocycles. The molecule has 0 radical (unpaired) electrons. The fraction of sp³-hybridized carbons (Fsp3) is 0.0714. The molecule has 0 bridgehead atoms. The van der Waals surface area contributed by atoms with Crippen LogP contribution in [0.2, 0.25) is 0 Å². The average Bonchev–Trinajstić information content (AvgIpc) is 2.39. The van der Waals surface area contributed by atoms with Crippen LogP contribution in [0.25, 0.3) is 0 Å². The second-order valence-electron chi connectivity index (χ2n) is 3.78. The van der Waals surface area contributed by atoms with Gasteiger partial charge in [-0.05, 0) is 36.4 Å². The minimum Gasteiger partial charge on any atom is -0.457 e. The molecule has 2 rings (SSSR count). The highest BCUT2D eigenvalue weighted by atomic mass is 19.4. The fourth-order valence-corrected chi connectivity index (χ4v) is 1.51. The van der Waals surface area contributed by atoms with Crippen molar-refractivity contribution >= 4 is 6.29 Å². The van der Waals surface area contributed by atoms with Crippen molar-refractivity contribution in [3.63, 3.8) is 0 Å². The maximum absolute atomic E-state index is 12.4. The van der Waals surface area contributed by atoms with Gasteiger partial charge in [0.2, 0.25) is 0 Å². The first-order chi connectivity index (χ1) is 9.00. The van der Waals surface area contributed by atoms with Crippen LogP contribution in [-0.4, -0.2) is 6.29 Å². The molecule has 19 heavy (non-hydrogen) atoms. The van der Waals surface area contributed by atoms with Crippen LogP contribution in [-0.2, 0) is 6.18 Å². The van der Waals surface area contributed by atoms with E-state index in [9.17, 15) is 18.0 Å². The molecule has 2 aromatic rings. The maximum Gasteiger partial charge on any atom is 0.416 e. The summed E-state index contributed by atoms with van der Waals surface area (Å²) in [4.78, 5) is 10.8. The lowest BCUT2D eigenvalue weighted by atomic mass is 10.2. The summed E-state index contributed by atoms with van der Waals surface area (Å²) in [6.45, 7) is 0. The summed E-state index contributed by atoms with van der Waals surface area (Å²) in [5.41, 5.74) is -0.411. The topological polar surface area (TPSA) is 26.3 Å². The van der Waals surface area contributed by atoms with Crippen molar-refractivity contribution in [1.82, 2.24) is 0 Å². The molecule has 0 saturated carbocycles. The largest absolute Gasteiger partial charge is 0.457 e. The Hall–Kier alpha value is -2.30. The van der Waals surface area contributed by atoms with Crippen molar-refractivity contribution in [3.8, 4) is 11.5 Å². The lowest BCUT2D eigenvalue weighted by Crippen LogP contribution is -2.04. The summed E-state index contributed by atoms with van der Waals surface area (Å²) >= 11 is 0. The second kappa shape index (κ2) is 5.14. The SMILES string of the molecule is O=Cc1ccccc1Oc1ccc(C(F)(F)F)cc1. The molecule has 5 heteroatoms. The number of alkyl halides is 3. The van der Waals surface area contributed by atoms with Crippen LogP contribution in [0.5, 0.6) is 11.5 Å². The third kappa shape index (κ3) is 3.13. The van der Waals surface area contributed by atoms with Gasteiger partial charge in [-0.3, -0.25) is 4.79 Å². The number of aldehydes is 1. The molecule has 2 nitrogen and oxygen atoms in total. The van der Waals surface area contributed by atoms with Gasteiger partial charge >= 0.3 is 6.18 Å². The van der Waals surface area contributed by atoms with E-state index in [0.29, 0.717) is 17.6 Å². The van der Waals surface area contributed by atoms with E-state index in [-0.39, 0.29) is 5.75 Å². The maximum atomic E-state index is 12.4. The second-order valence-corrected chi connectivity index (χ2v) is 3.78. The number of halogens is 3. The van der Waals surface area contributed by atoms with Crippen molar-refractivity contribution in [2.75, 3.05) is 0 Å². The zero-order valence-corrected chi connectivity index (χ0v) is 9.65. The van der Waals surface area contributed by atoms with Gasteiger partial charge in [-0.15, -0.1) is 0 Å². The van der Waals surface area contributed by atoms with Gasteiger partial charge in [0, 0.05) is 0 Å². The van der Waals surface area contributed by atoms with Crippen molar-refractivity contribution < 1.29 is 22.7 Å². The number of carbonyl (C=O) groups excluding carboxylic acids is 1. The number of carbonyl (C=O) groups is 1. The van der Waals surface area contributed by atoms with Crippen LogP contribution in [0.1, 0.15) is 15.9 Å². The quantitative estimate of drug-likeness (QED) is 0.774. The van der Waals surface area contributed by atoms with Gasteiger partial charge in [0.1, 0.15) is 11.5 Å². The molecule has 0 aliphatic rings. The third-order valence-corrected chi connectivity index (χ3v) is 2.46. The Labute approximate surface area is 107 Å². The molecule has 0 atom stereocenters. The minimum absolute atomic E-state index is 0.238. The molecule has 0 aromatic heterocycles. The van der Waals surface area contributed by atoms with Gasteiger partial charge in [-0.2, -0.15) is 13.2 Å². The van der Waals surface area contributed by atoms with Crippen molar-refractivity contribution in [2.45, 2.75) is 6.18 Å². The van der Waals surface area contributed by atoms with Crippen LogP contribution in [0.4, 0.5) is 13.2 Å². The summed E-state index contributed by atoms with van der Waals surface area (Å²) in [7, 11) is 0. The van der Waals surface area contributed by atoms with Crippen LogP contribution >= 0.6 is 0 Å². The summed E-state index contributed by atoms with van der Waals surface area (Å²) in [5.74, 6) is 0.541. The lowest BCUT2D eigenvalue weighted by molar-refractivity contribution is -0.137. The number of hydrogen-bond donors (Lipinski definition) is 0.